The van der Waals surface area contributed by atoms with Crippen molar-refractivity contribution in [3.05, 3.63) is 83.3 Å². The molecule has 0 saturated carbocycles. The molecule has 0 saturated heterocycles. The lowest BCUT2D eigenvalue weighted by Gasteiger charge is -2.01. The number of aromatic amines is 1. The number of halogens is 1. The minimum Gasteiger partial charge on any atom is -0.454 e. The predicted octanol–water partition coefficient (Wildman–Crippen LogP) is 4.75. The van der Waals surface area contributed by atoms with Gasteiger partial charge in [0.15, 0.2) is 5.76 Å². The number of H-pyrrole nitrogens is 1. The molecule has 0 radical (unpaired) electrons. The highest BCUT2D eigenvalue weighted by molar-refractivity contribution is 6.14. The van der Waals surface area contributed by atoms with Crippen molar-refractivity contribution in [2.45, 2.75) is 0 Å². The number of allylic oxidation sites excluding steroid dienone is 1. The summed E-state index contributed by atoms with van der Waals surface area (Å²) < 4.78 is 19.7. The second kappa shape index (κ2) is 6.73. The Hall–Kier alpha value is -3.98. The largest absolute Gasteiger partial charge is 0.454 e. The summed E-state index contributed by atoms with van der Waals surface area (Å²) in [5.74, 6) is -0.837. The van der Waals surface area contributed by atoms with Crippen molar-refractivity contribution in [3.8, 4) is 17.5 Å². The lowest BCUT2D eigenvalue weighted by molar-refractivity contribution is 0.103. The van der Waals surface area contributed by atoms with E-state index in [0.717, 1.165) is 5.39 Å². The van der Waals surface area contributed by atoms with Crippen LogP contribution in [0.2, 0.25) is 0 Å². The van der Waals surface area contributed by atoms with Crippen LogP contribution in [-0.2, 0) is 0 Å². The molecule has 2 aromatic carbocycles. The first kappa shape index (κ1) is 16.5. The molecule has 6 heteroatoms. The summed E-state index contributed by atoms with van der Waals surface area (Å²) >= 11 is 0. The number of carbonyl (C=O) groups is 1. The molecule has 0 fully saturated rings. The summed E-state index contributed by atoms with van der Waals surface area (Å²) in [5, 5.41) is 17.1. The van der Waals surface area contributed by atoms with Gasteiger partial charge in [0.1, 0.15) is 28.7 Å². The number of hydrogen-bond acceptors (Lipinski definition) is 4. The number of aromatic nitrogens is 2. The number of nitrogens with one attached hydrogen (secondary N) is 1. The van der Waals surface area contributed by atoms with Gasteiger partial charge in [0.25, 0.3) is 0 Å². The van der Waals surface area contributed by atoms with E-state index in [1.165, 1.54) is 30.5 Å². The summed E-state index contributed by atoms with van der Waals surface area (Å²) in [6.45, 7) is 0. The maximum absolute atomic E-state index is 13.9. The highest BCUT2D eigenvalue weighted by Crippen LogP contribution is 2.29. The second-order valence-electron chi connectivity index (χ2n) is 5.83. The highest BCUT2D eigenvalue weighted by atomic mass is 19.1. The average Bonchev–Trinajstić information content (AvgIpc) is 3.32. The number of fused-ring (bicyclic) bond motifs is 1. The van der Waals surface area contributed by atoms with Gasteiger partial charge < -0.3 is 4.42 Å². The van der Waals surface area contributed by atoms with Crippen molar-refractivity contribution in [1.82, 2.24) is 10.2 Å². The van der Waals surface area contributed by atoms with E-state index in [1.807, 2.05) is 36.4 Å². The molecule has 0 aliphatic carbocycles. The molecule has 1 N–H and O–H groups in total. The molecule has 0 aliphatic heterocycles. The van der Waals surface area contributed by atoms with E-state index in [0.29, 0.717) is 22.6 Å². The third kappa shape index (κ3) is 3.02. The zero-order chi connectivity index (χ0) is 18.8. The fourth-order valence-corrected chi connectivity index (χ4v) is 2.80. The van der Waals surface area contributed by atoms with Crippen LogP contribution >= 0.6 is 0 Å². The number of nitriles is 1. The normalized spacial score (nSPS) is 11.5. The number of nitrogens with zero attached hydrogens (tertiary/aromatic N) is 2. The van der Waals surface area contributed by atoms with Gasteiger partial charge in [0.05, 0.1) is 11.8 Å². The van der Waals surface area contributed by atoms with Gasteiger partial charge in [-0.15, -0.1) is 0 Å². The minimum atomic E-state index is -0.688. The molecule has 4 aromatic rings. The standard InChI is InChI=1S/C21H12FN3O2/c22-17-7-3-2-6-16(17)21(26)14(11-23)9-15-12-24-25-20(15)19-10-13-5-1-4-8-18(13)27-19/h1-10,12H,(H,24,25)/b14-9+. The Bertz CT molecular complexity index is 1190. The third-order valence-electron chi connectivity index (χ3n) is 4.12. The topological polar surface area (TPSA) is 82.7 Å². The first-order valence-corrected chi connectivity index (χ1v) is 8.10. The molecule has 0 bridgehead atoms. The van der Waals surface area contributed by atoms with Crippen LogP contribution < -0.4 is 0 Å². The number of benzene rings is 2. The fourth-order valence-electron chi connectivity index (χ4n) is 2.80. The molecule has 27 heavy (non-hydrogen) atoms. The SMILES string of the molecule is N#C/C(=C\c1cn[nH]c1-c1cc2ccccc2o1)C(=O)c1ccccc1F. The highest BCUT2D eigenvalue weighted by Gasteiger charge is 2.18. The van der Waals surface area contributed by atoms with Crippen molar-refractivity contribution in [2.75, 3.05) is 0 Å². The van der Waals surface area contributed by atoms with Crippen LogP contribution in [0.5, 0.6) is 0 Å². The predicted molar refractivity (Wildman–Crippen MR) is 98.1 cm³/mol. The zero-order valence-corrected chi connectivity index (χ0v) is 13.9. The summed E-state index contributed by atoms with van der Waals surface area (Å²) in [5.41, 5.74) is 1.38. The molecular formula is C21H12FN3O2. The van der Waals surface area contributed by atoms with E-state index in [1.54, 1.807) is 6.07 Å². The number of para-hydroxylation sites is 1. The first-order chi connectivity index (χ1) is 13.2. The zero-order valence-electron chi connectivity index (χ0n) is 13.9. The van der Waals surface area contributed by atoms with Gasteiger partial charge in [-0.2, -0.15) is 10.4 Å². The van der Waals surface area contributed by atoms with E-state index >= 15 is 0 Å². The maximum atomic E-state index is 13.9. The molecule has 5 nitrogen and oxygen atoms in total. The minimum absolute atomic E-state index is 0.154. The number of hydrogen-bond donors (Lipinski definition) is 1. The molecule has 130 valence electrons. The second-order valence-corrected chi connectivity index (χ2v) is 5.83. The Morgan fingerprint density at radius 2 is 1.96 bits per heavy atom. The molecule has 2 heterocycles. The van der Waals surface area contributed by atoms with Crippen LogP contribution in [0.15, 0.2) is 70.8 Å². The number of rotatable bonds is 4. The maximum Gasteiger partial charge on any atom is 0.206 e. The van der Waals surface area contributed by atoms with Crippen LogP contribution in [-0.4, -0.2) is 16.0 Å². The Balaban J connectivity index is 1.76. The molecule has 2 aromatic heterocycles. The van der Waals surface area contributed by atoms with Gasteiger partial charge in [-0.05, 0) is 30.3 Å². The molecule has 0 atom stereocenters. The van der Waals surface area contributed by atoms with Crippen LogP contribution in [0, 0.1) is 17.1 Å². The third-order valence-corrected chi connectivity index (χ3v) is 4.12. The van der Waals surface area contributed by atoms with E-state index < -0.39 is 11.6 Å². The van der Waals surface area contributed by atoms with Gasteiger partial charge in [-0.25, -0.2) is 4.39 Å². The summed E-state index contributed by atoms with van der Waals surface area (Å²) in [6, 6.07) is 16.8. The van der Waals surface area contributed by atoms with Gasteiger partial charge in [-0.3, -0.25) is 9.89 Å². The fraction of sp³-hybridized carbons (Fsp3) is 0. The molecule has 0 spiro atoms. The molecular weight excluding hydrogens is 345 g/mol. The van der Waals surface area contributed by atoms with Crippen LogP contribution in [0.3, 0.4) is 0 Å². The Kier molecular flexibility index (Phi) is 4.11. The number of ketones is 1. The van der Waals surface area contributed by atoms with Gasteiger partial charge >= 0.3 is 0 Å². The van der Waals surface area contributed by atoms with Crippen molar-refractivity contribution in [3.63, 3.8) is 0 Å². The van der Waals surface area contributed by atoms with Crippen LogP contribution in [0.25, 0.3) is 28.5 Å². The van der Waals surface area contributed by atoms with E-state index in [2.05, 4.69) is 10.2 Å². The van der Waals surface area contributed by atoms with Crippen molar-refractivity contribution in [2.24, 2.45) is 0 Å². The van der Waals surface area contributed by atoms with Gasteiger partial charge in [-0.1, -0.05) is 30.3 Å². The summed E-state index contributed by atoms with van der Waals surface area (Å²) in [4.78, 5) is 12.5. The van der Waals surface area contributed by atoms with Gasteiger partial charge in [0.2, 0.25) is 5.78 Å². The molecule has 0 aliphatic rings. The lowest BCUT2D eigenvalue weighted by atomic mass is 10.0. The van der Waals surface area contributed by atoms with Crippen LogP contribution in [0.1, 0.15) is 15.9 Å². The summed E-state index contributed by atoms with van der Waals surface area (Å²) in [6.07, 6.45) is 2.86. The first-order valence-electron chi connectivity index (χ1n) is 8.10. The van der Waals surface area contributed by atoms with E-state index in [9.17, 15) is 14.4 Å². The van der Waals surface area contributed by atoms with E-state index in [-0.39, 0.29) is 11.1 Å². The van der Waals surface area contributed by atoms with Crippen molar-refractivity contribution < 1.29 is 13.6 Å². The lowest BCUT2D eigenvalue weighted by Crippen LogP contribution is -2.04. The number of furan rings is 1. The Morgan fingerprint density at radius 3 is 2.74 bits per heavy atom. The van der Waals surface area contributed by atoms with Crippen molar-refractivity contribution >= 4 is 22.8 Å². The summed E-state index contributed by atoms with van der Waals surface area (Å²) in [7, 11) is 0. The smallest absolute Gasteiger partial charge is 0.206 e. The molecule has 0 amide bonds. The average molecular weight is 357 g/mol. The number of Topliss-reactive ketones (excluding diaryl/α,β-unsaturated/α-hetero) is 1. The van der Waals surface area contributed by atoms with Crippen LogP contribution in [0.4, 0.5) is 4.39 Å². The number of carbonyl (C=O) groups excluding carboxylic acids is 1. The Labute approximate surface area is 153 Å². The van der Waals surface area contributed by atoms with Crippen molar-refractivity contribution in [1.29, 1.82) is 5.26 Å². The molecule has 4 rings (SSSR count). The molecule has 0 unspecified atom stereocenters. The Morgan fingerprint density at radius 1 is 1.19 bits per heavy atom. The quantitative estimate of drug-likeness (QED) is 0.324. The monoisotopic (exact) mass is 357 g/mol. The van der Waals surface area contributed by atoms with Gasteiger partial charge in [0, 0.05) is 10.9 Å². The van der Waals surface area contributed by atoms with E-state index in [4.69, 9.17) is 4.42 Å².